The van der Waals surface area contributed by atoms with Crippen LogP contribution in [-0.4, -0.2) is 22.8 Å². The van der Waals surface area contributed by atoms with Gasteiger partial charge in [0.05, 0.1) is 16.7 Å². The van der Waals surface area contributed by atoms with Gasteiger partial charge in [-0.25, -0.2) is 4.98 Å². The molecule has 0 atom stereocenters. The number of carbonyl (C=O) groups is 1. The number of aromatic nitrogens is 1. The van der Waals surface area contributed by atoms with Gasteiger partial charge < -0.3 is 4.90 Å². The van der Waals surface area contributed by atoms with Crippen LogP contribution in [0.25, 0.3) is 0 Å². The van der Waals surface area contributed by atoms with Crippen LogP contribution in [0.3, 0.4) is 0 Å². The Morgan fingerprint density at radius 1 is 1.40 bits per heavy atom. The number of rotatable bonds is 3. The van der Waals surface area contributed by atoms with Crippen LogP contribution < -0.4 is 0 Å². The number of nitriles is 1. The Morgan fingerprint density at radius 2 is 2.20 bits per heavy atom. The molecule has 0 aliphatic heterocycles. The standard InChI is InChI=1S/C15H12ClN3O/c1-19(10-12-4-2-3-11(7-12)8-17)15(20)14-6-5-13(16)9-18-14/h2-7,9H,10H2,1H3. The van der Waals surface area contributed by atoms with Crippen molar-refractivity contribution in [2.45, 2.75) is 6.54 Å². The molecule has 0 spiro atoms. The molecule has 2 rings (SSSR count). The van der Waals surface area contributed by atoms with Crippen molar-refractivity contribution in [1.82, 2.24) is 9.88 Å². The molecule has 0 bridgehead atoms. The molecule has 1 amide bonds. The van der Waals surface area contributed by atoms with Crippen LogP contribution in [-0.2, 0) is 6.54 Å². The molecule has 1 aromatic carbocycles. The predicted octanol–water partition coefficient (Wildman–Crippen LogP) is 2.88. The van der Waals surface area contributed by atoms with Crippen molar-refractivity contribution < 1.29 is 4.79 Å². The minimum Gasteiger partial charge on any atom is -0.336 e. The van der Waals surface area contributed by atoms with Gasteiger partial charge in [-0.2, -0.15) is 5.26 Å². The van der Waals surface area contributed by atoms with Crippen molar-refractivity contribution in [3.05, 3.63) is 64.4 Å². The smallest absolute Gasteiger partial charge is 0.272 e. The average molecular weight is 286 g/mol. The molecule has 0 aliphatic rings. The molecule has 5 heteroatoms. The third kappa shape index (κ3) is 3.34. The third-order valence-corrected chi connectivity index (χ3v) is 2.99. The first-order chi connectivity index (χ1) is 9.60. The van der Waals surface area contributed by atoms with Gasteiger partial charge in [-0.1, -0.05) is 23.7 Å². The molecular weight excluding hydrogens is 274 g/mol. The van der Waals surface area contributed by atoms with Gasteiger partial charge >= 0.3 is 0 Å². The second-order valence-electron chi connectivity index (χ2n) is 4.34. The van der Waals surface area contributed by atoms with Crippen LogP contribution in [0.1, 0.15) is 21.6 Å². The van der Waals surface area contributed by atoms with Gasteiger partial charge in [0.2, 0.25) is 0 Å². The molecule has 0 aliphatic carbocycles. The van der Waals surface area contributed by atoms with Crippen molar-refractivity contribution in [3.8, 4) is 6.07 Å². The Labute approximate surface area is 122 Å². The second-order valence-corrected chi connectivity index (χ2v) is 4.77. The predicted molar refractivity (Wildman–Crippen MR) is 76.2 cm³/mol. The first kappa shape index (κ1) is 14.0. The van der Waals surface area contributed by atoms with Crippen molar-refractivity contribution in [1.29, 1.82) is 5.26 Å². The van der Waals surface area contributed by atoms with E-state index in [0.29, 0.717) is 22.8 Å². The van der Waals surface area contributed by atoms with Crippen LogP contribution in [0.15, 0.2) is 42.6 Å². The van der Waals surface area contributed by atoms with Gasteiger partial charge in [0.15, 0.2) is 0 Å². The van der Waals surface area contributed by atoms with Gasteiger partial charge in [0.1, 0.15) is 5.69 Å². The lowest BCUT2D eigenvalue weighted by atomic mass is 10.1. The minimum atomic E-state index is -0.191. The summed E-state index contributed by atoms with van der Waals surface area (Å²) >= 11 is 5.74. The summed E-state index contributed by atoms with van der Waals surface area (Å²) in [5.41, 5.74) is 1.81. The highest BCUT2D eigenvalue weighted by Gasteiger charge is 2.13. The monoisotopic (exact) mass is 285 g/mol. The first-order valence-corrected chi connectivity index (χ1v) is 6.34. The Kier molecular flexibility index (Phi) is 4.34. The van der Waals surface area contributed by atoms with Gasteiger partial charge in [-0.15, -0.1) is 0 Å². The van der Waals surface area contributed by atoms with Crippen LogP contribution in [0.5, 0.6) is 0 Å². The Balaban J connectivity index is 2.11. The van der Waals surface area contributed by atoms with E-state index in [0.717, 1.165) is 5.56 Å². The normalized spacial score (nSPS) is 9.85. The summed E-state index contributed by atoms with van der Waals surface area (Å²) in [5.74, 6) is -0.191. The van der Waals surface area contributed by atoms with Crippen LogP contribution in [0.4, 0.5) is 0 Å². The zero-order chi connectivity index (χ0) is 14.5. The van der Waals surface area contributed by atoms with Gasteiger partial charge in [-0.05, 0) is 29.8 Å². The Bertz CT molecular complexity index is 662. The summed E-state index contributed by atoms with van der Waals surface area (Å²) in [6, 6.07) is 12.5. The van der Waals surface area contributed by atoms with Crippen LogP contribution >= 0.6 is 11.6 Å². The largest absolute Gasteiger partial charge is 0.336 e. The maximum atomic E-state index is 12.2. The number of nitrogens with zero attached hydrogens (tertiary/aromatic N) is 3. The summed E-state index contributed by atoms with van der Waals surface area (Å²) in [5, 5.41) is 9.35. The Hall–Kier alpha value is -2.38. The van der Waals surface area contributed by atoms with E-state index in [4.69, 9.17) is 16.9 Å². The van der Waals surface area contributed by atoms with Crippen molar-refractivity contribution in [2.24, 2.45) is 0 Å². The van der Waals surface area contributed by atoms with E-state index >= 15 is 0 Å². The third-order valence-electron chi connectivity index (χ3n) is 2.77. The highest BCUT2D eigenvalue weighted by Crippen LogP contribution is 2.11. The van der Waals surface area contributed by atoms with E-state index < -0.39 is 0 Å². The zero-order valence-electron chi connectivity index (χ0n) is 10.9. The Morgan fingerprint density at radius 3 is 2.85 bits per heavy atom. The maximum Gasteiger partial charge on any atom is 0.272 e. The quantitative estimate of drug-likeness (QED) is 0.871. The van der Waals surface area contributed by atoms with E-state index in [9.17, 15) is 4.79 Å². The molecule has 1 aromatic heterocycles. The summed E-state index contributed by atoms with van der Waals surface area (Å²) in [7, 11) is 1.69. The number of pyridine rings is 1. The number of amides is 1. The molecule has 4 nitrogen and oxygen atoms in total. The minimum absolute atomic E-state index is 0.191. The molecule has 2 aromatic rings. The zero-order valence-corrected chi connectivity index (χ0v) is 11.6. The first-order valence-electron chi connectivity index (χ1n) is 5.96. The van der Waals surface area contributed by atoms with Crippen LogP contribution in [0.2, 0.25) is 5.02 Å². The van der Waals surface area contributed by atoms with Gasteiger partial charge in [0, 0.05) is 19.8 Å². The molecular formula is C15H12ClN3O. The molecule has 0 N–H and O–H groups in total. The molecule has 0 fully saturated rings. The second kappa shape index (κ2) is 6.18. The van der Waals surface area contributed by atoms with E-state index in [1.165, 1.54) is 6.20 Å². The molecule has 100 valence electrons. The summed E-state index contributed by atoms with van der Waals surface area (Å²) in [6.07, 6.45) is 1.44. The lowest BCUT2D eigenvalue weighted by Crippen LogP contribution is -2.26. The highest BCUT2D eigenvalue weighted by molar-refractivity contribution is 6.30. The van der Waals surface area contributed by atoms with Gasteiger partial charge in [0.25, 0.3) is 5.91 Å². The van der Waals surface area contributed by atoms with Gasteiger partial charge in [-0.3, -0.25) is 4.79 Å². The summed E-state index contributed by atoms with van der Waals surface area (Å²) in [4.78, 5) is 17.7. The summed E-state index contributed by atoms with van der Waals surface area (Å²) in [6.45, 7) is 0.415. The lowest BCUT2D eigenvalue weighted by Gasteiger charge is -2.16. The van der Waals surface area contributed by atoms with Crippen molar-refractivity contribution >= 4 is 17.5 Å². The van der Waals surface area contributed by atoms with Crippen molar-refractivity contribution in [2.75, 3.05) is 7.05 Å². The van der Waals surface area contributed by atoms with E-state index in [1.54, 1.807) is 42.3 Å². The summed E-state index contributed by atoms with van der Waals surface area (Å²) < 4.78 is 0. The fraction of sp³-hybridized carbons (Fsp3) is 0.133. The molecule has 20 heavy (non-hydrogen) atoms. The number of hydrogen-bond acceptors (Lipinski definition) is 3. The maximum absolute atomic E-state index is 12.2. The average Bonchev–Trinajstić information content (AvgIpc) is 2.47. The van der Waals surface area contributed by atoms with Crippen molar-refractivity contribution in [3.63, 3.8) is 0 Å². The molecule has 0 radical (unpaired) electrons. The van der Waals surface area contributed by atoms with Crippen LogP contribution in [0, 0.1) is 11.3 Å². The topological polar surface area (TPSA) is 57.0 Å². The number of benzene rings is 1. The lowest BCUT2D eigenvalue weighted by molar-refractivity contribution is 0.0779. The van der Waals surface area contributed by atoms with E-state index in [2.05, 4.69) is 11.1 Å². The molecule has 0 saturated heterocycles. The number of halogens is 1. The fourth-order valence-electron chi connectivity index (χ4n) is 1.78. The number of carbonyl (C=O) groups excluding carboxylic acids is 1. The number of hydrogen-bond donors (Lipinski definition) is 0. The molecule has 0 unspecified atom stereocenters. The van der Waals surface area contributed by atoms with E-state index in [-0.39, 0.29) is 5.91 Å². The highest BCUT2D eigenvalue weighted by atomic mass is 35.5. The molecule has 1 heterocycles. The SMILES string of the molecule is CN(Cc1cccc(C#N)c1)C(=O)c1ccc(Cl)cn1. The van der Waals surface area contributed by atoms with E-state index in [1.807, 2.05) is 6.07 Å². The molecule has 0 saturated carbocycles. The fourth-order valence-corrected chi connectivity index (χ4v) is 1.89.